The monoisotopic (exact) mass is 280 g/mol. The van der Waals surface area contributed by atoms with Crippen LogP contribution in [0.3, 0.4) is 0 Å². The number of hydrogen-bond acceptors (Lipinski definition) is 4. The Kier molecular flexibility index (Phi) is 5.30. The van der Waals surface area contributed by atoms with E-state index in [1.54, 1.807) is 6.20 Å². The molecule has 0 aliphatic heterocycles. The van der Waals surface area contributed by atoms with Crippen LogP contribution in [-0.4, -0.2) is 16.4 Å². The van der Waals surface area contributed by atoms with Gasteiger partial charge in [0.2, 0.25) is 0 Å². The molecule has 4 heteroatoms. The van der Waals surface area contributed by atoms with Gasteiger partial charge in [-0.15, -0.1) is 0 Å². The topological polar surface area (TPSA) is 65.9 Å². The summed E-state index contributed by atoms with van der Waals surface area (Å²) in [4.78, 5) is 6.44. The zero-order valence-electron chi connectivity index (χ0n) is 12.3. The maximum absolute atomic E-state index is 9.14. The second kappa shape index (κ2) is 7.41. The highest BCUT2D eigenvalue weighted by molar-refractivity contribution is 5.40. The molecule has 0 aliphatic carbocycles. The minimum atomic E-state index is 0.506. The third-order valence-electron chi connectivity index (χ3n) is 3.29. The van der Waals surface area contributed by atoms with Crippen LogP contribution in [0.15, 0.2) is 42.6 Å². The number of nitriles is 1. The number of hydrogen-bond donors (Lipinski definition) is 1. The molecule has 0 amide bonds. The Labute approximate surface area is 125 Å². The first kappa shape index (κ1) is 15.0. The molecule has 0 radical (unpaired) electrons. The highest BCUT2D eigenvalue weighted by Gasteiger charge is 2.10. The predicted molar refractivity (Wildman–Crippen MR) is 84.2 cm³/mol. The number of aromatic nitrogens is 1. The van der Waals surface area contributed by atoms with Crippen molar-refractivity contribution < 1.29 is 0 Å². The summed E-state index contributed by atoms with van der Waals surface area (Å²) in [5, 5.41) is 9.14. The van der Waals surface area contributed by atoms with Crippen LogP contribution in [0.1, 0.15) is 30.2 Å². The highest BCUT2D eigenvalue weighted by atomic mass is 15.1. The zero-order valence-corrected chi connectivity index (χ0v) is 12.3. The fourth-order valence-corrected chi connectivity index (χ4v) is 2.39. The van der Waals surface area contributed by atoms with Crippen LogP contribution in [-0.2, 0) is 13.1 Å². The van der Waals surface area contributed by atoms with Gasteiger partial charge < -0.3 is 5.73 Å². The van der Waals surface area contributed by atoms with Crippen molar-refractivity contribution in [1.82, 2.24) is 9.88 Å². The van der Waals surface area contributed by atoms with Crippen molar-refractivity contribution in [2.75, 3.05) is 12.3 Å². The van der Waals surface area contributed by atoms with Crippen molar-refractivity contribution in [3.05, 3.63) is 59.4 Å². The quantitative estimate of drug-likeness (QED) is 0.826. The van der Waals surface area contributed by atoms with Crippen molar-refractivity contribution in [2.24, 2.45) is 0 Å². The van der Waals surface area contributed by atoms with Crippen molar-refractivity contribution in [3.8, 4) is 6.07 Å². The van der Waals surface area contributed by atoms with E-state index in [1.807, 2.05) is 30.3 Å². The summed E-state index contributed by atoms with van der Waals surface area (Å²) in [7, 11) is 0. The molecule has 0 saturated carbocycles. The van der Waals surface area contributed by atoms with E-state index in [4.69, 9.17) is 11.0 Å². The van der Waals surface area contributed by atoms with E-state index in [0.29, 0.717) is 5.69 Å². The molecule has 0 aliphatic rings. The number of rotatable bonds is 6. The van der Waals surface area contributed by atoms with E-state index in [1.165, 1.54) is 5.56 Å². The minimum Gasteiger partial charge on any atom is -0.399 e. The third-order valence-corrected chi connectivity index (χ3v) is 3.29. The van der Waals surface area contributed by atoms with Gasteiger partial charge in [-0.1, -0.05) is 25.1 Å². The van der Waals surface area contributed by atoms with Gasteiger partial charge >= 0.3 is 0 Å². The van der Waals surface area contributed by atoms with E-state index in [9.17, 15) is 0 Å². The Balaban J connectivity index is 2.14. The first-order valence-corrected chi connectivity index (χ1v) is 7.13. The van der Waals surface area contributed by atoms with Crippen LogP contribution in [0.4, 0.5) is 5.69 Å². The van der Waals surface area contributed by atoms with E-state index in [2.05, 4.69) is 28.9 Å². The maximum Gasteiger partial charge on any atom is 0.144 e. The molecular formula is C17H20N4. The van der Waals surface area contributed by atoms with Crippen molar-refractivity contribution in [3.63, 3.8) is 0 Å². The van der Waals surface area contributed by atoms with Gasteiger partial charge in [-0.3, -0.25) is 4.90 Å². The van der Waals surface area contributed by atoms with Gasteiger partial charge in [-0.25, -0.2) is 4.98 Å². The molecule has 1 heterocycles. The van der Waals surface area contributed by atoms with Gasteiger partial charge in [-0.2, -0.15) is 5.26 Å². The standard InChI is InChI=1S/C17H20N4/c1-2-9-21(12-14-5-3-7-16(19)10-14)13-15-6-4-8-20-17(15)11-18/h3-8,10H,2,9,12-13,19H2,1H3. The third kappa shape index (κ3) is 4.30. The number of benzene rings is 1. The Morgan fingerprint density at radius 2 is 2.10 bits per heavy atom. The van der Waals surface area contributed by atoms with E-state index in [0.717, 1.165) is 37.3 Å². The molecule has 2 rings (SSSR count). The molecule has 0 atom stereocenters. The molecule has 21 heavy (non-hydrogen) atoms. The number of pyridine rings is 1. The Hall–Kier alpha value is -2.38. The van der Waals surface area contributed by atoms with Crippen LogP contribution in [0.5, 0.6) is 0 Å². The number of nitrogens with two attached hydrogens (primary N) is 1. The zero-order chi connectivity index (χ0) is 15.1. The Bertz CT molecular complexity index is 631. The maximum atomic E-state index is 9.14. The summed E-state index contributed by atoms with van der Waals surface area (Å²) in [6.07, 6.45) is 2.72. The van der Waals surface area contributed by atoms with Gasteiger partial charge in [0.05, 0.1) is 0 Å². The molecule has 1 aromatic heterocycles. The molecule has 2 aromatic rings. The van der Waals surface area contributed by atoms with Crippen LogP contribution in [0.2, 0.25) is 0 Å². The molecule has 0 unspecified atom stereocenters. The second-order valence-corrected chi connectivity index (χ2v) is 5.08. The summed E-state index contributed by atoms with van der Waals surface area (Å²) in [6.45, 7) is 4.66. The fraction of sp³-hybridized carbons (Fsp3) is 0.294. The lowest BCUT2D eigenvalue weighted by molar-refractivity contribution is 0.257. The molecule has 2 N–H and O–H groups in total. The average molecular weight is 280 g/mol. The second-order valence-electron chi connectivity index (χ2n) is 5.08. The lowest BCUT2D eigenvalue weighted by Crippen LogP contribution is -2.24. The van der Waals surface area contributed by atoms with Crippen LogP contribution >= 0.6 is 0 Å². The number of nitrogen functional groups attached to an aromatic ring is 1. The molecule has 0 fully saturated rings. The van der Waals surface area contributed by atoms with Crippen LogP contribution in [0.25, 0.3) is 0 Å². The summed E-state index contributed by atoms with van der Waals surface area (Å²) < 4.78 is 0. The van der Waals surface area contributed by atoms with Crippen LogP contribution < -0.4 is 5.73 Å². The van der Waals surface area contributed by atoms with Crippen LogP contribution in [0, 0.1) is 11.3 Å². The van der Waals surface area contributed by atoms with E-state index in [-0.39, 0.29) is 0 Å². The molecule has 1 aromatic carbocycles. The molecule has 0 saturated heterocycles. The SMILES string of the molecule is CCCN(Cc1cccc(N)c1)Cc1cccnc1C#N. The lowest BCUT2D eigenvalue weighted by atomic mass is 10.1. The van der Waals surface area contributed by atoms with Crippen molar-refractivity contribution in [1.29, 1.82) is 5.26 Å². The van der Waals surface area contributed by atoms with E-state index >= 15 is 0 Å². The normalized spacial score (nSPS) is 10.5. The van der Waals surface area contributed by atoms with Gasteiger partial charge in [0.1, 0.15) is 11.8 Å². The summed E-state index contributed by atoms with van der Waals surface area (Å²) in [5.41, 5.74) is 9.28. The van der Waals surface area contributed by atoms with Gasteiger partial charge in [0, 0.05) is 30.5 Å². The Morgan fingerprint density at radius 1 is 1.24 bits per heavy atom. The Morgan fingerprint density at radius 3 is 2.81 bits per heavy atom. The smallest absolute Gasteiger partial charge is 0.144 e. The lowest BCUT2D eigenvalue weighted by Gasteiger charge is -2.22. The number of nitrogens with zero attached hydrogens (tertiary/aromatic N) is 3. The van der Waals surface area contributed by atoms with Gasteiger partial charge in [0.15, 0.2) is 0 Å². The van der Waals surface area contributed by atoms with E-state index < -0.39 is 0 Å². The molecule has 0 bridgehead atoms. The molecule has 4 nitrogen and oxygen atoms in total. The highest BCUT2D eigenvalue weighted by Crippen LogP contribution is 2.14. The molecular weight excluding hydrogens is 260 g/mol. The minimum absolute atomic E-state index is 0.506. The predicted octanol–water partition coefficient (Wildman–Crippen LogP) is 2.95. The summed E-state index contributed by atoms with van der Waals surface area (Å²) in [6, 6.07) is 13.9. The van der Waals surface area contributed by atoms with Crippen molar-refractivity contribution in [2.45, 2.75) is 26.4 Å². The summed E-state index contributed by atoms with van der Waals surface area (Å²) >= 11 is 0. The molecule has 108 valence electrons. The van der Waals surface area contributed by atoms with Crippen molar-refractivity contribution >= 4 is 5.69 Å². The number of anilines is 1. The average Bonchev–Trinajstić information content (AvgIpc) is 2.48. The molecule has 0 spiro atoms. The fourth-order valence-electron chi connectivity index (χ4n) is 2.39. The van der Waals surface area contributed by atoms with Gasteiger partial charge in [0.25, 0.3) is 0 Å². The van der Waals surface area contributed by atoms with Gasteiger partial charge in [-0.05, 0) is 36.7 Å². The largest absolute Gasteiger partial charge is 0.399 e. The summed E-state index contributed by atoms with van der Waals surface area (Å²) in [5.74, 6) is 0. The first-order chi connectivity index (χ1) is 10.2. The first-order valence-electron chi connectivity index (χ1n) is 7.13.